The molecule has 0 heterocycles. The highest BCUT2D eigenvalue weighted by Crippen LogP contribution is 2.54. The van der Waals surface area contributed by atoms with E-state index < -0.39 is 5.60 Å². The maximum atomic E-state index is 13.5. The van der Waals surface area contributed by atoms with E-state index in [0.717, 1.165) is 55.3 Å². The van der Waals surface area contributed by atoms with Crippen LogP contribution in [0.15, 0.2) is 24.3 Å². The fourth-order valence-corrected chi connectivity index (χ4v) is 7.41. The molecule has 3 heteroatoms. The molecule has 1 N–H and O–H groups in total. The summed E-state index contributed by atoms with van der Waals surface area (Å²) in [6, 6.07) is 7.68. The third-order valence-corrected chi connectivity index (χ3v) is 9.63. The highest BCUT2D eigenvalue weighted by atomic mass is 16.5. The molecule has 3 fully saturated rings. The molecular weight excluding hydrogens is 384 g/mol. The lowest BCUT2D eigenvalue weighted by molar-refractivity contribution is -0.0490. The molecule has 1 aromatic rings. The highest BCUT2D eigenvalue weighted by molar-refractivity contribution is 5.98. The molecule has 0 amide bonds. The summed E-state index contributed by atoms with van der Waals surface area (Å²) in [6.45, 7) is 6.79. The van der Waals surface area contributed by atoms with Crippen molar-refractivity contribution in [1.82, 2.24) is 0 Å². The van der Waals surface area contributed by atoms with Crippen molar-refractivity contribution in [2.75, 3.05) is 7.11 Å². The number of fused-ring (bicyclic) bond motifs is 1. The fraction of sp³-hybridized carbons (Fsp3) is 0.750. The number of methoxy groups -OCH3 is 1. The Morgan fingerprint density at radius 2 is 1.84 bits per heavy atom. The summed E-state index contributed by atoms with van der Waals surface area (Å²) in [4.78, 5) is 13.5. The van der Waals surface area contributed by atoms with Crippen LogP contribution in [0.5, 0.6) is 5.75 Å². The zero-order chi connectivity index (χ0) is 22.2. The van der Waals surface area contributed by atoms with Crippen LogP contribution in [0.25, 0.3) is 0 Å². The molecule has 0 radical (unpaired) electrons. The standard InChI is InChI=1S/C28H42O3/c1-19-8-13-25(26(29)21-9-11-23(31-4)12-10-21)28(19,3)17-14-20-6-5-7-22-18-27(2,30)16-15-24(20)22/h9-12,19-20,22,24-25,30H,5-8,13-18H2,1-4H3/t19-,20-,22+,24-,25-,27-,28+/m1/s1. The van der Waals surface area contributed by atoms with Crippen molar-refractivity contribution < 1.29 is 14.6 Å². The van der Waals surface area contributed by atoms with E-state index in [2.05, 4.69) is 13.8 Å². The lowest BCUT2D eigenvalue weighted by Crippen LogP contribution is -2.42. The number of hydrogen-bond acceptors (Lipinski definition) is 3. The van der Waals surface area contributed by atoms with Crippen molar-refractivity contribution in [2.45, 2.75) is 90.6 Å². The number of ether oxygens (including phenoxy) is 1. The Morgan fingerprint density at radius 3 is 2.55 bits per heavy atom. The van der Waals surface area contributed by atoms with Gasteiger partial charge in [0.15, 0.2) is 5.78 Å². The van der Waals surface area contributed by atoms with Crippen LogP contribution in [0.2, 0.25) is 0 Å². The average Bonchev–Trinajstić information content (AvgIpc) is 3.05. The van der Waals surface area contributed by atoms with Gasteiger partial charge in [0, 0.05) is 11.5 Å². The quantitative estimate of drug-likeness (QED) is 0.516. The Bertz CT molecular complexity index is 767. The molecule has 4 rings (SSSR count). The van der Waals surface area contributed by atoms with Crippen molar-refractivity contribution in [3.05, 3.63) is 29.8 Å². The summed E-state index contributed by atoms with van der Waals surface area (Å²) in [5.41, 5.74) is 0.466. The monoisotopic (exact) mass is 426 g/mol. The summed E-state index contributed by atoms with van der Waals surface area (Å²) < 4.78 is 5.27. The van der Waals surface area contributed by atoms with E-state index in [0.29, 0.717) is 17.6 Å². The van der Waals surface area contributed by atoms with E-state index in [1.165, 1.54) is 32.1 Å². The Kier molecular flexibility index (Phi) is 6.54. The van der Waals surface area contributed by atoms with Gasteiger partial charge in [0.25, 0.3) is 0 Å². The van der Waals surface area contributed by atoms with Gasteiger partial charge in [-0.25, -0.2) is 0 Å². The summed E-state index contributed by atoms with van der Waals surface area (Å²) >= 11 is 0. The van der Waals surface area contributed by atoms with Gasteiger partial charge in [0.05, 0.1) is 12.7 Å². The van der Waals surface area contributed by atoms with Crippen LogP contribution in [-0.2, 0) is 0 Å². The molecule has 0 saturated heterocycles. The maximum Gasteiger partial charge on any atom is 0.166 e. The van der Waals surface area contributed by atoms with Crippen molar-refractivity contribution in [2.24, 2.45) is 35.0 Å². The van der Waals surface area contributed by atoms with E-state index >= 15 is 0 Å². The largest absolute Gasteiger partial charge is 0.497 e. The van der Waals surface area contributed by atoms with Gasteiger partial charge in [-0.15, -0.1) is 0 Å². The Hall–Kier alpha value is -1.35. The van der Waals surface area contributed by atoms with E-state index in [1.807, 2.05) is 31.2 Å². The van der Waals surface area contributed by atoms with Crippen molar-refractivity contribution in [3.8, 4) is 5.75 Å². The predicted molar refractivity (Wildman–Crippen MR) is 125 cm³/mol. The van der Waals surface area contributed by atoms with Gasteiger partial charge in [-0.2, -0.15) is 0 Å². The molecule has 0 aromatic heterocycles. The maximum absolute atomic E-state index is 13.5. The minimum Gasteiger partial charge on any atom is -0.497 e. The number of benzene rings is 1. The third-order valence-electron chi connectivity index (χ3n) is 9.63. The Morgan fingerprint density at radius 1 is 1.10 bits per heavy atom. The highest BCUT2D eigenvalue weighted by Gasteiger charge is 2.49. The van der Waals surface area contributed by atoms with Crippen LogP contribution in [0.3, 0.4) is 0 Å². The molecule has 0 aliphatic heterocycles. The van der Waals surface area contributed by atoms with E-state index in [1.54, 1.807) is 7.11 Å². The number of Topliss-reactive ketones (excluding diaryl/α,β-unsaturated/α-hetero) is 1. The smallest absolute Gasteiger partial charge is 0.166 e. The van der Waals surface area contributed by atoms with Gasteiger partial charge in [-0.1, -0.05) is 33.1 Å². The van der Waals surface area contributed by atoms with Crippen LogP contribution in [0.1, 0.15) is 95.3 Å². The minimum absolute atomic E-state index is 0.0874. The normalized spacial score (nSPS) is 40.4. The third kappa shape index (κ3) is 4.58. The van der Waals surface area contributed by atoms with Gasteiger partial charge < -0.3 is 9.84 Å². The van der Waals surface area contributed by atoms with Crippen molar-refractivity contribution >= 4 is 5.78 Å². The molecule has 0 bridgehead atoms. The molecule has 3 aliphatic carbocycles. The van der Waals surface area contributed by atoms with Crippen molar-refractivity contribution in [1.29, 1.82) is 0 Å². The number of hydrogen-bond donors (Lipinski definition) is 1. The summed E-state index contributed by atoms with van der Waals surface area (Å²) in [6.07, 6.45) is 11.6. The minimum atomic E-state index is -0.453. The van der Waals surface area contributed by atoms with Crippen LogP contribution in [-0.4, -0.2) is 23.6 Å². The molecule has 7 atom stereocenters. The number of carbonyl (C=O) groups is 1. The van der Waals surface area contributed by atoms with E-state index in [4.69, 9.17) is 4.74 Å². The topological polar surface area (TPSA) is 46.5 Å². The molecule has 172 valence electrons. The van der Waals surface area contributed by atoms with Gasteiger partial charge in [0.1, 0.15) is 5.75 Å². The summed E-state index contributed by atoms with van der Waals surface area (Å²) in [5, 5.41) is 10.6. The lowest BCUT2D eigenvalue weighted by atomic mass is 9.59. The number of ketones is 1. The first-order valence-corrected chi connectivity index (χ1v) is 12.6. The zero-order valence-electron chi connectivity index (χ0n) is 20.0. The first kappa shape index (κ1) is 22.8. The first-order chi connectivity index (χ1) is 14.7. The van der Waals surface area contributed by atoms with Gasteiger partial charge >= 0.3 is 0 Å². The molecule has 3 aliphatic rings. The van der Waals surface area contributed by atoms with Crippen molar-refractivity contribution in [3.63, 3.8) is 0 Å². The van der Waals surface area contributed by atoms with Gasteiger partial charge in [-0.3, -0.25) is 4.79 Å². The molecule has 0 spiro atoms. The molecule has 3 nitrogen and oxygen atoms in total. The van der Waals surface area contributed by atoms with Crippen LogP contribution < -0.4 is 4.74 Å². The zero-order valence-corrected chi connectivity index (χ0v) is 20.0. The Labute approximate surface area is 189 Å². The second kappa shape index (κ2) is 8.89. The predicted octanol–water partition coefficient (Wildman–Crippen LogP) is 6.68. The van der Waals surface area contributed by atoms with Gasteiger partial charge in [0.2, 0.25) is 0 Å². The second-order valence-corrected chi connectivity index (χ2v) is 11.5. The van der Waals surface area contributed by atoms with Crippen LogP contribution in [0.4, 0.5) is 0 Å². The number of rotatable bonds is 6. The molecule has 3 saturated carbocycles. The first-order valence-electron chi connectivity index (χ1n) is 12.6. The van der Waals surface area contributed by atoms with E-state index in [-0.39, 0.29) is 11.3 Å². The molecule has 0 unspecified atom stereocenters. The molecule has 1 aromatic carbocycles. The lowest BCUT2D eigenvalue weighted by Gasteiger charge is -2.47. The second-order valence-electron chi connectivity index (χ2n) is 11.5. The van der Waals surface area contributed by atoms with Crippen LogP contribution in [0, 0.1) is 35.0 Å². The van der Waals surface area contributed by atoms with Crippen LogP contribution >= 0.6 is 0 Å². The van der Waals surface area contributed by atoms with E-state index in [9.17, 15) is 9.90 Å². The van der Waals surface area contributed by atoms with Gasteiger partial charge in [-0.05, 0) is 105 Å². The number of carbonyl (C=O) groups excluding carboxylic acids is 1. The summed E-state index contributed by atoms with van der Waals surface area (Å²) in [7, 11) is 1.66. The Balaban J connectivity index is 1.44. The number of aliphatic hydroxyl groups is 1. The fourth-order valence-electron chi connectivity index (χ4n) is 7.41. The molecular formula is C28H42O3. The summed E-state index contributed by atoms with van der Waals surface area (Å²) in [5.74, 6) is 4.10. The molecule has 31 heavy (non-hydrogen) atoms. The SMILES string of the molecule is COc1ccc(C(=O)[C@H]2CC[C@@H](C)[C@]2(C)CC[C@H]2CCC[C@H]3C[C@](C)(O)CC[C@H]23)cc1. The average molecular weight is 427 g/mol.